The Bertz CT molecular complexity index is 672. The summed E-state index contributed by atoms with van der Waals surface area (Å²) in [6, 6.07) is 8.38. The Morgan fingerprint density at radius 1 is 1.29 bits per heavy atom. The maximum Gasteiger partial charge on any atom is 0.318 e. The van der Waals surface area contributed by atoms with E-state index < -0.39 is 11.9 Å². The van der Waals surface area contributed by atoms with Gasteiger partial charge in [-0.05, 0) is 25.1 Å². The number of carbonyl (C=O) groups is 2. The first-order valence-electron chi connectivity index (χ1n) is 6.28. The average Bonchev–Trinajstić information content (AvgIpc) is 2.45. The molecule has 7 nitrogen and oxygen atoms in total. The Morgan fingerprint density at radius 2 is 2.10 bits per heavy atom. The second-order valence-corrected chi connectivity index (χ2v) is 4.34. The topological polar surface area (TPSA) is 110 Å². The zero-order valence-corrected chi connectivity index (χ0v) is 11.5. The van der Waals surface area contributed by atoms with E-state index in [0.29, 0.717) is 5.82 Å². The molecule has 1 aromatic carbocycles. The van der Waals surface area contributed by atoms with Crippen LogP contribution in [0, 0.1) is 6.92 Å². The molecule has 1 heterocycles. The van der Waals surface area contributed by atoms with E-state index in [9.17, 15) is 9.59 Å². The number of carbonyl (C=O) groups excluding carboxylic acids is 2. The predicted molar refractivity (Wildman–Crippen MR) is 78.4 cm³/mol. The second-order valence-electron chi connectivity index (χ2n) is 4.34. The molecule has 0 aliphatic rings. The predicted octanol–water partition coefficient (Wildman–Crippen LogP) is 1.06. The molecule has 0 radical (unpaired) electrons. The Balaban J connectivity index is 2.08. The van der Waals surface area contributed by atoms with Crippen molar-refractivity contribution >= 4 is 17.6 Å². The molecule has 0 spiro atoms. The second kappa shape index (κ2) is 6.47. The van der Waals surface area contributed by atoms with E-state index in [2.05, 4.69) is 15.3 Å². The third-order valence-corrected chi connectivity index (χ3v) is 2.65. The van der Waals surface area contributed by atoms with Crippen LogP contribution in [-0.2, 0) is 4.79 Å². The van der Waals surface area contributed by atoms with Crippen molar-refractivity contribution in [3.63, 3.8) is 0 Å². The minimum atomic E-state index is -0.869. The lowest BCUT2D eigenvalue weighted by Crippen LogP contribution is -2.38. The summed E-state index contributed by atoms with van der Waals surface area (Å²) in [4.78, 5) is 30.3. The van der Waals surface area contributed by atoms with Gasteiger partial charge in [-0.2, -0.15) is 0 Å². The summed E-state index contributed by atoms with van der Waals surface area (Å²) in [5, 5.41) is 4.89. The first kappa shape index (κ1) is 14.4. The van der Waals surface area contributed by atoms with Gasteiger partial charge < -0.3 is 11.1 Å². The number of primary amides is 1. The van der Waals surface area contributed by atoms with Crippen LogP contribution in [0.1, 0.15) is 5.82 Å². The highest BCUT2D eigenvalue weighted by Gasteiger charge is 2.05. The Morgan fingerprint density at radius 3 is 2.81 bits per heavy atom. The number of aryl methyl sites for hydroxylation is 1. The number of nitrogens with zero attached hydrogens (tertiary/aromatic N) is 2. The van der Waals surface area contributed by atoms with Crippen LogP contribution in [0.25, 0.3) is 11.3 Å². The molecule has 0 saturated carbocycles. The quantitative estimate of drug-likeness (QED) is 0.778. The molecule has 2 aromatic rings. The van der Waals surface area contributed by atoms with Crippen molar-refractivity contribution in [3.05, 3.63) is 42.4 Å². The normalized spacial score (nSPS) is 9.95. The van der Waals surface area contributed by atoms with Crippen molar-refractivity contribution < 1.29 is 9.59 Å². The molecule has 0 aliphatic carbocycles. The van der Waals surface area contributed by atoms with E-state index in [1.165, 1.54) is 0 Å². The van der Waals surface area contributed by atoms with Gasteiger partial charge in [0, 0.05) is 17.4 Å². The van der Waals surface area contributed by atoms with Crippen LogP contribution >= 0.6 is 0 Å². The summed E-state index contributed by atoms with van der Waals surface area (Å²) in [6.45, 7) is 1.77. The van der Waals surface area contributed by atoms with Crippen LogP contribution in [0.4, 0.5) is 10.5 Å². The molecule has 0 bridgehead atoms. The van der Waals surface area contributed by atoms with Gasteiger partial charge in [-0.3, -0.25) is 10.1 Å². The molecule has 21 heavy (non-hydrogen) atoms. The van der Waals surface area contributed by atoms with Gasteiger partial charge in [-0.15, -0.1) is 0 Å². The van der Waals surface area contributed by atoms with Crippen LogP contribution in [0.15, 0.2) is 36.5 Å². The largest absolute Gasteiger partial charge is 0.376 e. The summed E-state index contributed by atoms with van der Waals surface area (Å²) in [7, 11) is 0. The maximum absolute atomic E-state index is 11.3. The lowest BCUT2D eigenvalue weighted by molar-refractivity contribution is -0.118. The van der Waals surface area contributed by atoms with Gasteiger partial charge in [0.2, 0.25) is 5.91 Å². The molecule has 4 N–H and O–H groups in total. The van der Waals surface area contributed by atoms with Crippen LogP contribution in [-0.4, -0.2) is 28.5 Å². The highest BCUT2D eigenvalue weighted by Crippen LogP contribution is 2.20. The van der Waals surface area contributed by atoms with Gasteiger partial charge in [-0.25, -0.2) is 14.8 Å². The molecular weight excluding hydrogens is 270 g/mol. The summed E-state index contributed by atoms with van der Waals surface area (Å²) in [5.74, 6) is 0.192. The summed E-state index contributed by atoms with van der Waals surface area (Å²) >= 11 is 0. The number of amides is 3. The van der Waals surface area contributed by atoms with Crippen molar-refractivity contribution in [3.8, 4) is 11.3 Å². The molecule has 0 unspecified atom stereocenters. The monoisotopic (exact) mass is 285 g/mol. The van der Waals surface area contributed by atoms with Gasteiger partial charge in [0.05, 0.1) is 12.2 Å². The molecule has 1 aromatic heterocycles. The highest BCUT2D eigenvalue weighted by molar-refractivity contribution is 5.95. The minimum absolute atomic E-state index is 0.0464. The Hall–Kier alpha value is -2.96. The van der Waals surface area contributed by atoms with Crippen molar-refractivity contribution in [1.29, 1.82) is 0 Å². The van der Waals surface area contributed by atoms with E-state index in [4.69, 9.17) is 5.73 Å². The number of imide groups is 1. The first-order valence-corrected chi connectivity index (χ1v) is 6.28. The average molecular weight is 285 g/mol. The molecule has 2 rings (SSSR count). The molecule has 0 saturated heterocycles. The fourth-order valence-corrected chi connectivity index (χ4v) is 1.77. The van der Waals surface area contributed by atoms with Crippen LogP contribution < -0.4 is 16.4 Å². The van der Waals surface area contributed by atoms with Crippen LogP contribution in [0.2, 0.25) is 0 Å². The number of benzene rings is 1. The van der Waals surface area contributed by atoms with E-state index >= 15 is 0 Å². The Labute approximate surface area is 121 Å². The number of nitrogens with one attached hydrogen (secondary N) is 2. The molecule has 0 aliphatic heterocycles. The third kappa shape index (κ3) is 4.27. The lowest BCUT2D eigenvalue weighted by atomic mass is 10.1. The Kier molecular flexibility index (Phi) is 4.45. The van der Waals surface area contributed by atoms with Gasteiger partial charge in [-0.1, -0.05) is 12.1 Å². The first-order chi connectivity index (χ1) is 10.0. The van der Waals surface area contributed by atoms with E-state index in [1.54, 1.807) is 6.20 Å². The molecule has 3 amide bonds. The van der Waals surface area contributed by atoms with Gasteiger partial charge >= 0.3 is 6.03 Å². The maximum atomic E-state index is 11.3. The summed E-state index contributed by atoms with van der Waals surface area (Å²) < 4.78 is 0. The smallest absolute Gasteiger partial charge is 0.318 e. The van der Waals surface area contributed by atoms with Crippen molar-refractivity contribution in [1.82, 2.24) is 15.3 Å². The van der Waals surface area contributed by atoms with E-state index in [0.717, 1.165) is 16.9 Å². The standard InChI is InChI=1S/C14H15N5O2/c1-9-16-6-5-12(18-9)10-3-2-4-11(7-10)17-8-13(20)19-14(15)21/h2-7,17H,8H2,1H3,(H3,15,19,20,21). The molecule has 108 valence electrons. The number of aromatic nitrogens is 2. The third-order valence-electron chi connectivity index (χ3n) is 2.65. The SMILES string of the molecule is Cc1nccc(-c2cccc(NCC(=O)NC(N)=O)c2)n1. The van der Waals surface area contributed by atoms with Crippen LogP contribution in [0.3, 0.4) is 0 Å². The number of nitrogens with two attached hydrogens (primary N) is 1. The van der Waals surface area contributed by atoms with Crippen LogP contribution in [0.5, 0.6) is 0 Å². The molecule has 0 atom stereocenters. The summed E-state index contributed by atoms with van der Waals surface area (Å²) in [6.07, 6.45) is 1.69. The van der Waals surface area contributed by atoms with Crippen molar-refractivity contribution in [2.24, 2.45) is 5.73 Å². The fraction of sp³-hybridized carbons (Fsp3) is 0.143. The molecule has 0 fully saturated rings. The number of rotatable bonds is 4. The van der Waals surface area contributed by atoms with Gasteiger partial charge in [0.15, 0.2) is 0 Å². The van der Waals surface area contributed by atoms with Crippen molar-refractivity contribution in [2.45, 2.75) is 6.92 Å². The van der Waals surface area contributed by atoms with E-state index in [1.807, 2.05) is 42.6 Å². The highest BCUT2D eigenvalue weighted by atomic mass is 16.2. The fourth-order valence-electron chi connectivity index (χ4n) is 1.77. The van der Waals surface area contributed by atoms with Gasteiger partial charge in [0.1, 0.15) is 5.82 Å². The summed E-state index contributed by atoms with van der Waals surface area (Å²) in [5.41, 5.74) is 7.31. The van der Waals surface area contributed by atoms with Crippen molar-refractivity contribution in [2.75, 3.05) is 11.9 Å². The zero-order valence-electron chi connectivity index (χ0n) is 11.5. The molecule has 7 heteroatoms. The number of anilines is 1. The van der Waals surface area contributed by atoms with Gasteiger partial charge in [0.25, 0.3) is 0 Å². The number of hydrogen-bond acceptors (Lipinski definition) is 5. The van der Waals surface area contributed by atoms with E-state index in [-0.39, 0.29) is 6.54 Å². The number of hydrogen-bond donors (Lipinski definition) is 3. The lowest BCUT2D eigenvalue weighted by Gasteiger charge is -2.08. The zero-order chi connectivity index (χ0) is 15.2. The molecular formula is C14H15N5O2. The number of urea groups is 1. The minimum Gasteiger partial charge on any atom is -0.376 e.